The maximum Gasteiger partial charge on any atom is 0.250 e. The molecule has 4 rings (SSSR count). The fourth-order valence-electron chi connectivity index (χ4n) is 4.72. The van der Waals surface area contributed by atoms with Crippen molar-refractivity contribution < 1.29 is 18.8 Å². The fraction of sp³-hybridized carbons (Fsp3) is 0.462. The number of hydrogen-bond donors (Lipinski definition) is 2. The van der Waals surface area contributed by atoms with Crippen molar-refractivity contribution in [3.05, 3.63) is 63.4 Å². The van der Waals surface area contributed by atoms with Crippen molar-refractivity contribution in [3.63, 3.8) is 0 Å². The third-order valence-electron chi connectivity index (χ3n) is 6.52. The van der Waals surface area contributed by atoms with Gasteiger partial charge < -0.3 is 15.5 Å². The van der Waals surface area contributed by atoms with Crippen LogP contribution in [0.2, 0.25) is 0 Å². The highest BCUT2D eigenvalue weighted by Crippen LogP contribution is 2.35. The van der Waals surface area contributed by atoms with Gasteiger partial charge in [-0.25, -0.2) is 9.37 Å². The maximum absolute atomic E-state index is 13.8. The summed E-state index contributed by atoms with van der Waals surface area (Å²) in [7, 11) is 1.70. The number of piperidine rings is 1. The monoisotopic (exact) mass is 498 g/mol. The second kappa shape index (κ2) is 11.7. The molecule has 7 nitrogen and oxygen atoms in total. The van der Waals surface area contributed by atoms with Crippen molar-refractivity contribution >= 4 is 28.9 Å². The van der Waals surface area contributed by atoms with Crippen LogP contribution in [0.4, 0.5) is 4.39 Å². The number of ketones is 1. The number of nitrogens with zero attached hydrogens (tertiary/aromatic N) is 2. The van der Waals surface area contributed by atoms with Gasteiger partial charge in [0.25, 0.3) is 0 Å². The zero-order valence-electron chi connectivity index (χ0n) is 19.9. The molecule has 1 aliphatic carbocycles. The number of rotatable bonds is 8. The molecule has 2 N–H and O–H groups in total. The summed E-state index contributed by atoms with van der Waals surface area (Å²) in [6.07, 6.45) is 8.47. The third kappa shape index (κ3) is 6.02. The SMILES string of the molecule is CNCC(=O)N[C@H](C(=O)N1CCCCC1c1nc(C(=O)c2ccc(F)cc2)cs1)C1=CCCCC1. The molecule has 0 spiro atoms. The van der Waals surface area contributed by atoms with Gasteiger partial charge in [0.1, 0.15) is 22.6 Å². The van der Waals surface area contributed by atoms with Crippen LogP contribution in [-0.2, 0) is 9.59 Å². The van der Waals surface area contributed by atoms with E-state index in [2.05, 4.69) is 21.7 Å². The number of nitrogens with one attached hydrogen (secondary N) is 2. The van der Waals surface area contributed by atoms with Gasteiger partial charge in [-0.1, -0.05) is 6.08 Å². The minimum Gasteiger partial charge on any atom is -0.340 e. The Labute approximate surface area is 208 Å². The molecule has 1 aromatic carbocycles. The smallest absolute Gasteiger partial charge is 0.250 e. The molecule has 2 aliphatic rings. The summed E-state index contributed by atoms with van der Waals surface area (Å²) in [6.45, 7) is 0.720. The van der Waals surface area contributed by atoms with Crippen molar-refractivity contribution in [2.75, 3.05) is 20.1 Å². The lowest BCUT2D eigenvalue weighted by Gasteiger charge is -2.38. The number of carbonyl (C=O) groups is 3. The quantitative estimate of drug-likeness (QED) is 0.427. The first kappa shape index (κ1) is 25.2. The Morgan fingerprint density at radius 1 is 1.17 bits per heavy atom. The number of carbonyl (C=O) groups excluding carboxylic acids is 3. The molecule has 2 amide bonds. The maximum atomic E-state index is 13.8. The highest BCUT2D eigenvalue weighted by Gasteiger charge is 2.36. The molecule has 0 bridgehead atoms. The predicted octanol–water partition coefficient (Wildman–Crippen LogP) is 3.77. The second-order valence-electron chi connectivity index (χ2n) is 9.01. The number of allylic oxidation sites excluding steroid dienone is 1. The first-order valence-corrected chi connectivity index (χ1v) is 13.0. The lowest BCUT2D eigenvalue weighted by molar-refractivity contribution is -0.138. The molecule has 186 valence electrons. The minimum absolute atomic E-state index is 0.117. The van der Waals surface area contributed by atoms with Gasteiger partial charge in [-0.3, -0.25) is 14.4 Å². The summed E-state index contributed by atoms with van der Waals surface area (Å²) < 4.78 is 13.2. The molecule has 2 atom stereocenters. The summed E-state index contributed by atoms with van der Waals surface area (Å²) in [5.41, 5.74) is 1.64. The van der Waals surface area contributed by atoms with E-state index in [1.807, 2.05) is 4.90 Å². The van der Waals surface area contributed by atoms with Gasteiger partial charge in [-0.2, -0.15) is 0 Å². The van der Waals surface area contributed by atoms with E-state index in [4.69, 9.17) is 0 Å². The molecule has 0 radical (unpaired) electrons. The van der Waals surface area contributed by atoms with E-state index >= 15 is 0 Å². The number of likely N-dealkylation sites (N-methyl/N-ethyl adjacent to an activating group) is 1. The summed E-state index contributed by atoms with van der Waals surface area (Å²) >= 11 is 1.36. The van der Waals surface area contributed by atoms with Crippen LogP contribution in [0.15, 0.2) is 41.3 Å². The van der Waals surface area contributed by atoms with Gasteiger partial charge in [-0.15, -0.1) is 11.3 Å². The number of likely N-dealkylation sites (tertiary alicyclic amines) is 1. The average Bonchev–Trinajstić information content (AvgIpc) is 3.38. The van der Waals surface area contributed by atoms with Crippen LogP contribution >= 0.6 is 11.3 Å². The van der Waals surface area contributed by atoms with E-state index in [0.717, 1.165) is 50.5 Å². The number of thiazole rings is 1. The number of hydrogen-bond acceptors (Lipinski definition) is 6. The predicted molar refractivity (Wildman–Crippen MR) is 133 cm³/mol. The summed E-state index contributed by atoms with van der Waals surface area (Å²) in [5.74, 6) is -1.01. The second-order valence-corrected chi connectivity index (χ2v) is 9.90. The molecular formula is C26H31FN4O3S. The number of halogens is 1. The van der Waals surface area contributed by atoms with Crippen molar-refractivity contribution in [1.29, 1.82) is 0 Å². The highest BCUT2D eigenvalue weighted by molar-refractivity contribution is 7.10. The highest BCUT2D eigenvalue weighted by atomic mass is 32.1. The first-order valence-electron chi connectivity index (χ1n) is 12.2. The van der Waals surface area contributed by atoms with E-state index in [1.165, 1.54) is 35.6 Å². The Kier molecular flexibility index (Phi) is 8.41. The molecule has 1 aliphatic heterocycles. The zero-order chi connectivity index (χ0) is 24.8. The molecule has 2 heterocycles. The minimum atomic E-state index is -0.683. The molecule has 1 saturated heterocycles. The van der Waals surface area contributed by atoms with Crippen LogP contribution in [0.1, 0.15) is 72.0 Å². The molecule has 0 saturated carbocycles. The molecule has 9 heteroatoms. The van der Waals surface area contributed by atoms with Gasteiger partial charge in [0, 0.05) is 17.5 Å². The third-order valence-corrected chi connectivity index (χ3v) is 7.46. The van der Waals surface area contributed by atoms with Gasteiger partial charge in [0.05, 0.1) is 12.6 Å². The van der Waals surface area contributed by atoms with Crippen molar-refractivity contribution in [3.8, 4) is 0 Å². The van der Waals surface area contributed by atoms with Crippen molar-refractivity contribution in [2.45, 2.75) is 57.0 Å². The lowest BCUT2D eigenvalue weighted by atomic mass is 9.91. The fourth-order valence-corrected chi connectivity index (χ4v) is 5.67. The summed E-state index contributed by atoms with van der Waals surface area (Å²) in [4.78, 5) is 45.5. The van der Waals surface area contributed by atoms with Crippen LogP contribution in [-0.4, -0.2) is 53.7 Å². The van der Waals surface area contributed by atoms with E-state index in [1.54, 1.807) is 12.4 Å². The summed E-state index contributed by atoms with van der Waals surface area (Å²) in [6, 6.07) is 4.47. The van der Waals surface area contributed by atoms with E-state index in [9.17, 15) is 18.8 Å². The van der Waals surface area contributed by atoms with Crippen molar-refractivity contribution in [1.82, 2.24) is 20.5 Å². The standard InChI is InChI=1S/C26H31FN4O3S/c1-28-15-22(32)30-23(17-7-3-2-4-8-17)26(34)31-14-6-5-9-21(31)25-29-20(16-35-25)24(33)18-10-12-19(27)13-11-18/h7,10-13,16,21,23,28H,2-6,8-9,14-15H2,1H3,(H,30,32)/t21?,23-/m0/s1. The van der Waals surface area contributed by atoms with Crippen molar-refractivity contribution in [2.24, 2.45) is 0 Å². The van der Waals surface area contributed by atoms with Crippen LogP contribution in [0, 0.1) is 5.82 Å². The molecule has 1 aromatic heterocycles. The molecule has 35 heavy (non-hydrogen) atoms. The Morgan fingerprint density at radius 3 is 2.69 bits per heavy atom. The van der Waals surface area contributed by atoms with Gasteiger partial charge in [0.2, 0.25) is 17.6 Å². The van der Waals surface area contributed by atoms with E-state index < -0.39 is 11.9 Å². The molecule has 1 unspecified atom stereocenters. The first-order chi connectivity index (χ1) is 17.0. The Hall–Kier alpha value is -2.91. The Morgan fingerprint density at radius 2 is 1.97 bits per heavy atom. The topological polar surface area (TPSA) is 91.4 Å². The van der Waals surface area contributed by atoms with Gasteiger partial charge in [-0.05, 0) is 81.8 Å². The lowest BCUT2D eigenvalue weighted by Crippen LogP contribution is -2.53. The molecular weight excluding hydrogens is 467 g/mol. The number of aromatic nitrogens is 1. The Balaban J connectivity index is 1.57. The van der Waals surface area contributed by atoms with Crippen LogP contribution < -0.4 is 10.6 Å². The zero-order valence-corrected chi connectivity index (χ0v) is 20.7. The summed E-state index contributed by atoms with van der Waals surface area (Å²) in [5, 5.41) is 8.20. The van der Waals surface area contributed by atoms with Gasteiger partial charge in [0.15, 0.2) is 0 Å². The Bertz CT molecular complexity index is 1100. The largest absolute Gasteiger partial charge is 0.340 e. The van der Waals surface area contributed by atoms with Crippen LogP contribution in [0.3, 0.4) is 0 Å². The molecule has 1 fully saturated rings. The average molecular weight is 499 g/mol. The normalized spacial score (nSPS) is 19.1. The van der Waals surface area contributed by atoms with Crippen LogP contribution in [0.25, 0.3) is 0 Å². The molecule has 2 aromatic rings. The van der Waals surface area contributed by atoms with E-state index in [-0.39, 0.29) is 30.2 Å². The van der Waals surface area contributed by atoms with E-state index in [0.29, 0.717) is 22.8 Å². The van der Waals surface area contributed by atoms with Gasteiger partial charge >= 0.3 is 0 Å². The number of amides is 2. The number of benzene rings is 1. The van der Waals surface area contributed by atoms with Crippen LogP contribution in [0.5, 0.6) is 0 Å².